The molecule has 0 saturated carbocycles. The third-order valence-corrected chi connectivity index (χ3v) is 3.60. The van der Waals surface area contributed by atoms with Crippen LogP contribution in [0.5, 0.6) is 5.75 Å². The van der Waals surface area contributed by atoms with Gasteiger partial charge in [0, 0.05) is 16.0 Å². The lowest BCUT2D eigenvalue weighted by molar-refractivity contribution is 0.414. The van der Waals surface area contributed by atoms with E-state index in [4.69, 9.17) is 16.3 Å². The second-order valence-corrected chi connectivity index (χ2v) is 6.39. The SMILES string of the molecule is COc1ccc(Br)c(-n2c(Cl)nnc2C(C)(C)C)c1. The van der Waals surface area contributed by atoms with Crippen LogP contribution in [0.2, 0.25) is 5.28 Å². The van der Waals surface area contributed by atoms with Gasteiger partial charge in [0.15, 0.2) is 0 Å². The smallest absolute Gasteiger partial charge is 0.229 e. The summed E-state index contributed by atoms with van der Waals surface area (Å²) in [4.78, 5) is 0. The number of ether oxygens (including phenoxy) is 1. The highest BCUT2D eigenvalue weighted by atomic mass is 79.9. The number of hydrogen-bond acceptors (Lipinski definition) is 3. The van der Waals surface area contributed by atoms with Crippen LogP contribution in [0, 0.1) is 0 Å². The summed E-state index contributed by atoms with van der Waals surface area (Å²) in [5.41, 5.74) is 0.696. The van der Waals surface area contributed by atoms with Gasteiger partial charge in [-0.2, -0.15) is 0 Å². The predicted octanol–water partition coefficient (Wildman–Crippen LogP) is 3.99. The Kier molecular flexibility index (Phi) is 3.87. The van der Waals surface area contributed by atoms with Gasteiger partial charge in [-0.1, -0.05) is 20.8 Å². The Morgan fingerprint density at radius 1 is 1.26 bits per heavy atom. The molecule has 2 rings (SSSR count). The first kappa shape index (κ1) is 14.3. The highest BCUT2D eigenvalue weighted by molar-refractivity contribution is 9.10. The van der Waals surface area contributed by atoms with Crippen molar-refractivity contribution in [3.05, 3.63) is 33.8 Å². The van der Waals surface area contributed by atoms with Crippen molar-refractivity contribution >= 4 is 27.5 Å². The molecule has 1 heterocycles. The second-order valence-electron chi connectivity index (χ2n) is 5.20. The molecule has 2 aromatic rings. The van der Waals surface area contributed by atoms with Gasteiger partial charge >= 0.3 is 0 Å². The maximum atomic E-state index is 6.18. The Morgan fingerprint density at radius 3 is 2.53 bits per heavy atom. The quantitative estimate of drug-likeness (QED) is 0.827. The van der Waals surface area contributed by atoms with E-state index < -0.39 is 0 Å². The van der Waals surface area contributed by atoms with Gasteiger partial charge in [0.2, 0.25) is 5.28 Å². The maximum absolute atomic E-state index is 6.18. The van der Waals surface area contributed by atoms with Crippen molar-refractivity contribution < 1.29 is 4.74 Å². The molecule has 0 atom stereocenters. The molecule has 0 radical (unpaired) electrons. The van der Waals surface area contributed by atoms with E-state index in [1.54, 1.807) is 7.11 Å². The molecule has 0 spiro atoms. The first-order valence-electron chi connectivity index (χ1n) is 5.80. The molecule has 0 amide bonds. The number of hydrogen-bond donors (Lipinski definition) is 0. The van der Waals surface area contributed by atoms with Crippen molar-refractivity contribution in [2.24, 2.45) is 0 Å². The van der Waals surface area contributed by atoms with Crippen LogP contribution in [0.4, 0.5) is 0 Å². The number of halogens is 2. The molecular formula is C13H15BrClN3O. The summed E-state index contributed by atoms with van der Waals surface area (Å²) >= 11 is 9.71. The summed E-state index contributed by atoms with van der Waals surface area (Å²) in [6, 6.07) is 5.69. The minimum absolute atomic E-state index is 0.164. The Morgan fingerprint density at radius 2 is 1.95 bits per heavy atom. The lowest BCUT2D eigenvalue weighted by atomic mass is 9.95. The van der Waals surface area contributed by atoms with Crippen LogP contribution in [0.1, 0.15) is 26.6 Å². The van der Waals surface area contributed by atoms with Gasteiger partial charge in [-0.15, -0.1) is 10.2 Å². The standard InChI is InChI=1S/C13H15BrClN3O/c1-13(2,3)11-16-17-12(15)18(11)10-7-8(19-4)5-6-9(10)14/h5-7H,1-4H3. The van der Waals surface area contributed by atoms with Crippen molar-refractivity contribution in [2.75, 3.05) is 7.11 Å². The Balaban J connectivity index is 2.68. The Hall–Kier alpha value is -1.07. The van der Waals surface area contributed by atoms with Gasteiger partial charge in [-0.25, -0.2) is 0 Å². The van der Waals surface area contributed by atoms with Crippen LogP contribution in [0.3, 0.4) is 0 Å². The third-order valence-electron chi connectivity index (χ3n) is 2.69. The van der Waals surface area contributed by atoms with Gasteiger partial charge in [0.25, 0.3) is 0 Å². The fourth-order valence-corrected chi connectivity index (χ4v) is 2.39. The van der Waals surface area contributed by atoms with Crippen LogP contribution in [0.15, 0.2) is 22.7 Å². The van der Waals surface area contributed by atoms with E-state index in [0.717, 1.165) is 21.7 Å². The molecule has 1 aromatic heterocycles. The Labute approximate surface area is 125 Å². The fraction of sp³-hybridized carbons (Fsp3) is 0.385. The average molecular weight is 345 g/mol. The van der Waals surface area contributed by atoms with Crippen LogP contribution in [0.25, 0.3) is 5.69 Å². The third kappa shape index (κ3) is 2.77. The minimum atomic E-state index is -0.164. The molecule has 0 aliphatic rings. The van der Waals surface area contributed by atoms with Crippen LogP contribution in [-0.4, -0.2) is 21.9 Å². The zero-order valence-corrected chi connectivity index (χ0v) is 13.6. The second kappa shape index (κ2) is 5.13. The lowest BCUT2D eigenvalue weighted by Gasteiger charge is -2.20. The summed E-state index contributed by atoms with van der Waals surface area (Å²) < 4.78 is 7.99. The van der Waals surface area contributed by atoms with Gasteiger partial charge in [0.1, 0.15) is 11.6 Å². The van der Waals surface area contributed by atoms with Crippen molar-refractivity contribution in [2.45, 2.75) is 26.2 Å². The maximum Gasteiger partial charge on any atom is 0.229 e. The van der Waals surface area contributed by atoms with Crippen molar-refractivity contribution in [3.63, 3.8) is 0 Å². The van der Waals surface area contributed by atoms with Gasteiger partial charge in [-0.05, 0) is 39.7 Å². The molecule has 0 bridgehead atoms. The monoisotopic (exact) mass is 343 g/mol. The normalized spacial score (nSPS) is 11.7. The summed E-state index contributed by atoms with van der Waals surface area (Å²) in [5, 5.41) is 8.48. The van der Waals surface area contributed by atoms with E-state index in [9.17, 15) is 0 Å². The van der Waals surface area contributed by atoms with E-state index in [2.05, 4.69) is 46.9 Å². The summed E-state index contributed by atoms with van der Waals surface area (Å²) in [6.07, 6.45) is 0. The van der Waals surface area contributed by atoms with Crippen molar-refractivity contribution in [1.29, 1.82) is 0 Å². The zero-order chi connectivity index (χ0) is 14.2. The topological polar surface area (TPSA) is 39.9 Å². The zero-order valence-electron chi connectivity index (χ0n) is 11.2. The van der Waals surface area contributed by atoms with E-state index in [1.807, 2.05) is 22.8 Å². The number of rotatable bonds is 2. The van der Waals surface area contributed by atoms with Gasteiger partial charge in [0.05, 0.1) is 12.8 Å². The first-order valence-corrected chi connectivity index (χ1v) is 6.97. The lowest BCUT2D eigenvalue weighted by Crippen LogP contribution is -2.18. The molecular weight excluding hydrogens is 330 g/mol. The number of aromatic nitrogens is 3. The Bertz CT molecular complexity index is 604. The average Bonchev–Trinajstić information content (AvgIpc) is 2.71. The summed E-state index contributed by atoms with van der Waals surface area (Å²) in [6.45, 7) is 6.20. The molecule has 102 valence electrons. The minimum Gasteiger partial charge on any atom is -0.497 e. The summed E-state index contributed by atoms with van der Waals surface area (Å²) in [5.74, 6) is 1.55. The van der Waals surface area contributed by atoms with E-state index >= 15 is 0 Å². The molecule has 4 nitrogen and oxygen atoms in total. The van der Waals surface area contributed by atoms with Gasteiger partial charge in [-0.3, -0.25) is 4.57 Å². The van der Waals surface area contributed by atoms with Crippen LogP contribution < -0.4 is 4.74 Å². The number of nitrogens with zero attached hydrogens (tertiary/aromatic N) is 3. The number of methoxy groups -OCH3 is 1. The first-order chi connectivity index (χ1) is 8.84. The van der Waals surface area contributed by atoms with E-state index in [0.29, 0.717) is 5.28 Å². The largest absolute Gasteiger partial charge is 0.497 e. The molecule has 1 aromatic carbocycles. The highest BCUT2D eigenvalue weighted by Gasteiger charge is 2.25. The van der Waals surface area contributed by atoms with E-state index in [-0.39, 0.29) is 5.41 Å². The molecule has 0 aliphatic carbocycles. The van der Waals surface area contributed by atoms with Crippen molar-refractivity contribution in [1.82, 2.24) is 14.8 Å². The van der Waals surface area contributed by atoms with E-state index in [1.165, 1.54) is 0 Å². The fourth-order valence-electron chi connectivity index (χ4n) is 1.76. The molecule has 19 heavy (non-hydrogen) atoms. The predicted molar refractivity (Wildman–Crippen MR) is 79.3 cm³/mol. The molecule has 0 N–H and O–H groups in total. The molecule has 6 heteroatoms. The molecule has 0 unspecified atom stereocenters. The highest BCUT2D eigenvalue weighted by Crippen LogP contribution is 2.32. The molecule has 0 aliphatic heterocycles. The van der Waals surface area contributed by atoms with Gasteiger partial charge < -0.3 is 4.74 Å². The molecule has 0 saturated heterocycles. The van der Waals surface area contributed by atoms with Crippen molar-refractivity contribution in [3.8, 4) is 11.4 Å². The molecule has 0 fully saturated rings. The van der Waals surface area contributed by atoms with Crippen LogP contribution >= 0.6 is 27.5 Å². The summed E-state index contributed by atoms with van der Waals surface area (Å²) in [7, 11) is 1.63. The number of benzene rings is 1. The van der Waals surface area contributed by atoms with Crippen LogP contribution in [-0.2, 0) is 5.41 Å².